The van der Waals surface area contributed by atoms with Gasteiger partial charge in [0.15, 0.2) is 22.9 Å². The fourth-order valence-electron chi connectivity index (χ4n) is 6.85. The Morgan fingerprint density at radius 1 is 0.586 bits per heavy atom. The maximum Gasteiger partial charge on any atom is 0.496 e. The predicted molar refractivity (Wildman–Crippen MR) is 227 cm³/mol. The third-order valence-corrected chi connectivity index (χ3v) is 12.2. The molecule has 382 valence electrons. The van der Waals surface area contributed by atoms with E-state index in [0.717, 1.165) is 28.9 Å². The quantitative estimate of drug-likeness (QED) is 0.118. The number of hydrogen-bond acceptors (Lipinski definition) is 10. The van der Waals surface area contributed by atoms with Crippen LogP contribution in [-0.4, -0.2) is 81.0 Å². The van der Waals surface area contributed by atoms with E-state index in [9.17, 15) is 61.5 Å². The summed E-state index contributed by atoms with van der Waals surface area (Å²) in [5, 5.41) is 13.0. The zero-order valence-electron chi connectivity index (χ0n) is 35.5. The molecule has 0 amide bonds. The molecule has 3 fully saturated rings. The topological polar surface area (TPSA) is 123 Å². The number of pyridine rings is 4. The fourth-order valence-corrected chi connectivity index (χ4v) is 7.18. The summed E-state index contributed by atoms with van der Waals surface area (Å²) in [6, 6.07) is 7.56. The minimum Gasteiger partial charge on any atom is -0.459 e. The van der Waals surface area contributed by atoms with E-state index in [-0.39, 0.29) is 68.4 Å². The summed E-state index contributed by atoms with van der Waals surface area (Å²) in [6.07, 6.45) is -14.2. The first kappa shape index (κ1) is 55.6. The van der Waals surface area contributed by atoms with Crippen molar-refractivity contribution in [2.75, 3.05) is 0 Å². The van der Waals surface area contributed by atoms with Crippen LogP contribution in [0, 0.1) is 11.6 Å². The smallest absolute Gasteiger partial charge is 0.459 e. The Bertz CT molecular complexity index is 2790. The largest absolute Gasteiger partial charge is 0.496 e. The van der Waals surface area contributed by atoms with Crippen molar-refractivity contribution >= 4 is 39.8 Å². The van der Waals surface area contributed by atoms with Gasteiger partial charge in [-0.15, -0.1) is 20.4 Å². The first-order chi connectivity index (χ1) is 31.4. The second-order valence-electron chi connectivity index (χ2n) is 16.8. The molecule has 12 nitrogen and oxygen atoms in total. The van der Waals surface area contributed by atoms with Crippen molar-refractivity contribution in [1.82, 2.24) is 39.2 Å². The summed E-state index contributed by atoms with van der Waals surface area (Å²) < 4.78 is 207. The van der Waals surface area contributed by atoms with E-state index < -0.39 is 89.3 Å². The summed E-state index contributed by atoms with van der Waals surface area (Å²) in [4.78, 5) is 7.36. The molecule has 2 aliphatic carbocycles. The van der Waals surface area contributed by atoms with Crippen molar-refractivity contribution in [2.45, 2.75) is 128 Å². The molecule has 1 aliphatic heterocycles. The van der Waals surface area contributed by atoms with Crippen molar-refractivity contribution in [1.29, 1.82) is 0 Å². The first-order valence-corrected chi connectivity index (χ1v) is 20.8. The molecule has 28 heteroatoms. The summed E-state index contributed by atoms with van der Waals surface area (Å²) in [7, 11) is -0.846. The molecule has 7 heterocycles. The third-order valence-electron chi connectivity index (χ3n) is 11.7. The van der Waals surface area contributed by atoms with Crippen LogP contribution in [0.2, 0.25) is 0 Å². The van der Waals surface area contributed by atoms with Crippen molar-refractivity contribution in [3.05, 3.63) is 88.9 Å². The normalized spacial score (nSPS) is 18.0. The van der Waals surface area contributed by atoms with Crippen LogP contribution in [0.25, 0.3) is 22.4 Å². The van der Waals surface area contributed by atoms with Gasteiger partial charge < -0.3 is 18.8 Å². The molecular weight excluding hydrogens is 1040 g/mol. The van der Waals surface area contributed by atoms with Crippen LogP contribution in [0.3, 0.4) is 0 Å². The lowest BCUT2D eigenvalue weighted by Crippen LogP contribution is -2.55. The zero-order valence-corrected chi connectivity index (χ0v) is 37.1. The molecular formula is C42H42BBrF14N8O4. The molecule has 0 radical (unpaired) electrons. The van der Waals surface area contributed by atoms with Gasteiger partial charge in [0.05, 0.1) is 11.2 Å². The van der Waals surface area contributed by atoms with Gasteiger partial charge in [0.2, 0.25) is 22.9 Å². The average molecular weight is 1080 g/mol. The van der Waals surface area contributed by atoms with Crippen LogP contribution in [0.15, 0.2) is 65.7 Å². The molecule has 6 aromatic rings. The van der Waals surface area contributed by atoms with E-state index in [4.69, 9.17) is 18.8 Å². The highest BCUT2D eigenvalue weighted by molar-refractivity contribution is 9.10. The Kier molecular flexibility index (Phi) is 15.3. The molecule has 0 atom stereocenters. The molecule has 70 heavy (non-hydrogen) atoms. The molecule has 3 aliphatic rings. The van der Waals surface area contributed by atoms with Crippen molar-refractivity contribution < 1.29 is 80.2 Å². The molecule has 0 spiro atoms. The second-order valence-corrected chi connectivity index (χ2v) is 17.7. The predicted octanol–water partition coefficient (Wildman–Crippen LogP) is 12.0. The molecule has 0 unspecified atom stereocenters. The number of rotatable bonds is 6. The van der Waals surface area contributed by atoms with E-state index >= 15 is 0 Å². The molecule has 0 N–H and O–H groups in total. The number of aromatic nitrogens is 8. The summed E-state index contributed by atoms with van der Waals surface area (Å²) in [5.41, 5.74) is -5.48. The van der Waals surface area contributed by atoms with Gasteiger partial charge in [-0.2, -0.15) is 52.7 Å². The van der Waals surface area contributed by atoms with E-state index in [0.29, 0.717) is 21.7 Å². The Labute approximate surface area is 398 Å². The van der Waals surface area contributed by atoms with E-state index in [1.165, 1.54) is 30.6 Å². The summed E-state index contributed by atoms with van der Waals surface area (Å²) >= 11 is 3.07. The average Bonchev–Trinajstić information content (AvgIpc) is 3.87. The Morgan fingerprint density at radius 3 is 1.41 bits per heavy atom. The highest BCUT2D eigenvalue weighted by atomic mass is 79.9. The minimum absolute atomic E-state index is 0. The maximum atomic E-state index is 14.4. The van der Waals surface area contributed by atoms with Crippen LogP contribution in [0.4, 0.5) is 61.5 Å². The number of hydrogen-bond donors (Lipinski definition) is 0. The molecule has 0 aromatic carbocycles. The minimum atomic E-state index is -4.76. The van der Waals surface area contributed by atoms with Crippen molar-refractivity contribution in [3.63, 3.8) is 0 Å². The van der Waals surface area contributed by atoms with Gasteiger partial charge in [-0.25, -0.2) is 18.7 Å². The van der Waals surface area contributed by atoms with Crippen molar-refractivity contribution in [3.8, 4) is 22.9 Å². The van der Waals surface area contributed by atoms with Gasteiger partial charge in [0, 0.05) is 45.8 Å². The van der Waals surface area contributed by atoms with E-state index in [1.807, 2.05) is 27.7 Å². The van der Waals surface area contributed by atoms with Crippen LogP contribution >= 0.6 is 15.9 Å². The highest BCUT2D eigenvalue weighted by Gasteiger charge is 2.62. The number of fused-ring (bicyclic) bond motifs is 2. The van der Waals surface area contributed by atoms with E-state index in [1.54, 1.807) is 6.07 Å². The van der Waals surface area contributed by atoms with Crippen LogP contribution in [-0.2, 0) is 21.7 Å². The Balaban J connectivity index is 0.000000203. The molecule has 0 bridgehead atoms. The first-order valence-electron chi connectivity index (χ1n) is 20.0. The lowest BCUT2D eigenvalue weighted by Gasteiger charge is -2.42. The highest BCUT2D eigenvalue weighted by Crippen LogP contribution is 2.49. The molecule has 1 saturated heterocycles. The fraction of sp³-hybridized carbons (Fsp3) is 0.476. The van der Waals surface area contributed by atoms with E-state index in [2.05, 4.69) is 46.3 Å². The molecule has 2 saturated carbocycles. The Morgan fingerprint density at radius 2 is 1.01 bits per heavy atom. The number of halogens is 15. The monoisotopic (exact) mass is 1080 g/mol. The van der Waals surface area contributed by atoms with Crippen molar-refractivity contribution in [2.24, 2.45) is 0 Å². The summed E-state index contributed by atoms with van der Waals surface area (Å²) in [6.45, 7) is 7.38. The van der Waals surface area contributed by atoms with Crippen LogP contribution < -0.4 is 14.9 Å². The lowest BCUT2D eigenvalue weighted by molar-refractivity contribution is -0.275. The molecule has 9 rings (SSSR count). The van der Waals surface area contributed by atoms with Gasteiger partial charge >= 0.3 is 31.8 Å². The van der Waals surface area contributed by atoms with Gasteiger partial charge in [-0.05, 0) is 119 Å². The van der Waals surface area contributed by atoms with Gasteiger partial charge in [-0.3, -0.25) is 8.80 Å². The standard InChI is InChI=1S/C17H11F7N4O.C16H20BF4NO3.C7H3BrF3N3.2CH4/c18-11-6-10(7-25-13(11)29-15(4-1-5-15)17(22,23)24)9-2-3-12-26-27-14(16(19,20)21)28(12)8-9;1-13(2)14(3,4)25-17(24-13)10-8-11(18)12(22-9-10)23-15(6-5-7-15)16(19,20)21;8-4-1-2-5-12-13-6(7(9,10)11)14(5)3-4;;/h2-3,6-8H,1,4-5H2;8-9H,5-7H2,1-4H3;1-3H;2*1H4. The summed E-state index contributed by atoms with van der Waals surface area (Å²) in [5.74, 6) is -5.88. The number of nitrogens with zero attached hydrogens (tertiary/aromatic N) is 8. The lowest BCUT2D eigenvalue weighted by atomic mass is 9.79. The van der Waals surface area contributed by atoms with Crippen LogP contribution in [0.5, 0.6) is 11.8 Å². The third kappa shape index (κ3) is 10.9. The SMILES string of the molecule is C.C.CC1(C)OB(c2cnc(OC3(C(F)(F)F)CCC3)c(F)c2)OC1(C)C.FC(F)(F)c1nnc2ccc(Br)cn12.Fc1cc(-c2ccc3nnc(C(F)(F)F)n3c2)cnc1OC1(C(F)(F)F)CCC1. The zero-order chi connectivity index (χ0) is 50.0. The van der Waals surface area contributed by atoms with Gasteiger partial charge in [-0.1, -0.05) is 14.9 Å². The number of ether oxygens (including phenoxy) is 2. The molecule has 6 aromatic heterocycles. The number of alkyl halides is 12. The maximum absolute atomic E-state index is 14.4. The van der Waals surface area contributed by atoms with Crippen LogP contribution in [0.1, 0.15) is 92.7 Å². The Hall–Kier alpha value is -5.38. The second kappa shape index (κ2) is 19.3. The van der Waals surface area contributed by atoms with Gasteiger partial charge in [0.25, 0.3) is 11.8 Å². The van der Waals surface area contributed by atoms with Gasteiger partial charge in [0.1, 0.15) is 0 Å².